The second-order valence-corrected chi connectivity index (χ2v) is 3.82. The third kappa shape index (κ3) is 3.26. The van der Waals surface area contributed by atoms with Gasteiger partial charge in [-0.15, -0.1) is 0 Å². The number of rotatable bonds is 5. The molecular weight excluding hydrogens is 200 g/mol. The molecule has 0 aliphatic rings. The molecule has 1 rings (SSSR count). The zero-order chi connectivity index (χ0) is 12.0. The lowest BCUT2D eigenvalue weighted by Crippen LogP contribution is -2.24. The number of benzene rings is 1. The van der Waals surface area contributed by atoms with Crippen LogP contribution in [0.25, 0.3) is 0 Å². The lowest BCUT2D eigenvalue weighted by molar-refractivity contribution is 0.0953. The van der Waals surface area contributed by atoms with Crippen LogP contribution in [0.15, 0.2) is 18.2 Å². The molecule has 0 radical (unpaired) electrons. The van der Waals surface area contributed by atoms with Crippen molar-refractivity contribution in [1.82, 2.24) is 5.32 Å². The van der Waals surface area contributed by atoms with Crippen LogP contribution >= 0.6 is 0 Å². The van der Waals surface area contributed by atoms with Crippen molar-refractivity contribution >= 4 is 11.6 Å². The van der Waals surface area contributed by atoms with Gasteiger partial charge in [0.15, 0.2) is 0 Å². The van der Waals surface area contributed by atoms with E-state index in [1.807, 2.05) is 32.0 Å². The normalized spacial score (nSPS) is 9.94. The van der Waals surface area contributed by atoms with Crippen molar-refractivity contribution < 1.29 is 4.79 Å². The number of nitrogens with one attached hydrogen (secondary N) is 2. The van der Waals surface area contributed by atoms with Gasteiger partial charge in [-0.1, -0.05) is 6.92 Å². The molecule has 0 spiro atoms. The highest BCUT2D eigenvalue weighted by Gasteiger charge is 2.06. The van der Waals surface area contributed by atoms with Crippen molar-refractivity contribution in [2.45, 2.75) is 27.2 Å². The van der Waals surface area contributed by atoms with Crippen LogP contribution in [-0.4, -0.2) is 19.0 Å². The van der Waals surface area contributed by atoms with Gasteiger partial charge in [0.25, 0.3) is 5.91 Å². The molecule has 0 atom stereocenters. The number of anilines is 1. The van der Waals surface area contributed by atoms with Crippen LogP contribution in [0.1, 0.15) is 36.2 Å². The maximum Gasteiger partial charge on any atom is 0.251 e. The van der Waals surface area contributed by atoms with Gasteiger partial charge in [-0.3, -0.25) is 4.79 Å². The summed E-state index contributed by atoms with van der Waals surface area (Å²) in [5, 5.41) is 6.12. The van der Waals surface area contributed by atoms with Crippen LogP contribution in [0.4, 0.5) is 5.69 Å². The van der Waals surface area contributed by atoms with Crippen molar-refractivity contribution in [2.75, 3.05) is 18.4 Å². The quantitative estimate of drug-likeness (QED) is 0.800. The minimum Gasteiger partial charge on any atom is -0.385 e. The highest BCUT2D eigenvalue weighted by Crippen LogP contribution is 2.16. The molecular formula is C13H20N2O. The van der Waals surface area contributed by atoms with Crippen LogP contribution < -0.4 is 10.6 Å². The van der Waals surface area contributed by atoms with Crippen LogP contribution in [0, 0.1) is 6.92 Å². The Kier molecular flexibility index (Phi) is 4.83. The second-order valence-electron chi connectivity index (χ2n) is 3.82. The van der Waals surface area contributed by atoms with Gasteiger partial charge in [0, 0.05) is 24.3 Å². The summed E-state index contributed by atoms with van der Waals surface area (Å²) in [6.07, 6.45) is 0.959. The van der Waals surface area contributed by atoms with E-state index < -0.39 is 0 Å². The number of amides is 1. The Hall–Kier alpha value is -1.51. The van der Waals surface area contributed by atoms with Crippen molar-refractivity contribution in [2.24, 2.45) is 0 Å². The number of hydrogen-bond donors (Lipinski definition) is 2. The number of carbonyl (C=O) groups excluding carboxylic acids is 1. The van der Waals surface area contributed by atoms with E-state index >= 15 is 0 Å². The molecule has 88 valence electrons. The molecule has 0 aliphatic heterocycles. The highest BCUT2D eigenvalue weighted by atomic mass is 16.1. The molecule has 0 aromatic heterocycles. The first-order chi connectivity index (χ1) is 7.69. The van der Waals surface area contributed by atoms with E-state index in [-0.39, 0.29) is 5.91 Å². The molecule has 1 amide bonds. The smallest absolute Gasteiger partial charge is 0.251 e. The van der Waals surface area contributed by atoms with E-state index in [0.717, 1.165) is 36.3 Å². The van der Waals surface area contributed by atoms with E-state index in [0.29, 0.717) is 0 Å². The van der Waals surface area contributed by atoms with Crippen LogP contribution in [0.2, 0.25) is 0 Å². The summed E-state index contributed by atoms with van der Waals surface area (Å²) in [5.41, 5.74) is 2.92. The van der Waals surface area contributed by atoms with Crippen molar-refractivity contribution in [1.29, 1.82) is 0 Å². The maximum atomic E-state index is 11.7. The Morgan fingerprint density at radius 3 is 2.62 bits per heavy atom. The third-order valence-electron chi connectivity index (χ3n) is 2.39. The lowest BCUT2D eigenvalue weighted by atomic mass is 10.1. The first kappa shape index (κ1) is 12.6. The average Bonchev–Trinajstić information content (AvgIpc) is 2.29. The minimum atomic E-state index is 0.00741. The van der Waals surface area contributed by atoms with E-state index in [2.05, 4.69) is 17.6 Å². The third-order valence-corrected chi connectivity index (χ3v) is 2.39. The van der Waals surface area contributed by atoms with Gasteiger partial charge in [-0.05, 0) is 44.0 Å². The molecule has 3 heteroatoms. The molecule has 0 unspecified atom stereocenters. The molecule has 2 N–H and O–H groups in total. The van der Waals surface area contributed by atoms with Gasteiger partial charge in [-0.25, -0.2) is 0 Å². The Morgan fingerprint density at radius 2 is 2.06 bits per heavy atom. The van der Waals surface area contributed by atoms with Gasteiger partial charge in [0.05, 0.1) is 0 Å². The average molecular weight is 220 g/mol. The van der Waals surface area contributed by atoms with Crippen LogP contribution in [0.5, 0.6) is 0 Å². The van der Waals surface area contributed by atoms with Gasteiger partial charge in [0.2, 0.25) is 0 Å². The summed E-state index contributed by atoms with van der Waals surface area (Å²) in [4.78, 5) is 11.7. The largest absolute Gasteiger partial charge is 0.385 e. The molecule has 0 aliphatic carbocycles. The van der Waals surface area contributed by atoms with E-state index in [1.165, 1.54) is 0 Å². The summed E-state index contributed by atoms with van der Waals surface area (Å²) < 4.78 is 0. The first-order valence-corrected chi connectivity index (χ1v) is 5.81. The van der Waals surface area contributed by atoms with E-state index in [4.69, 9.17) is 0 Å². The number of aryl methyl sites for hydroxylation is 1. The zero-order valence-corrected chi connectivity index (χ0v) is 10.3. The fraction of sp³-hybridized carbons (Fsp3) is 0.462. The van der Waals surface area contributed by atoms with Crippen molar-refractivity contribution in [3.8, 4) is 0 Å². The predicted octanol–water partition coefficient (Wildman–Crippen LogP) is 2.57. The molecule has 0 fully saturated rings. The van der Waals surface area contributed by atoms with E-state index in [9.17, 15) is 4.79 Å². The molecule has 0 saturated heterocycles. The van der Waals surface area contributed by atoms with Crippen LogP contribution in [-0.2, 0) is 0 Å². The minimum absolute atomic E-state index is 0.00741. The monoisotopic (exact) mass is 220 g/mol. The Bertz CT molecular complexity index is 361. The summed E-state index contributed by atoms with van der Waals surface area (Å²) in [6.45, 7) is 7.73. The highest BCUT2D eigenvalue weighted by molar-refractivity contribution is 5.94. The molecule has 0 saturated carbocycles. The van der Waals surface area contributed by atoms with Gasteiger partial charge >= 0.3 is 0 Å². The Balaban J connectivity index is 2.76. The molecule has 1 aromatic rings. The molecule has 1 aromatic carbocycles. The fourth-order valence-corrected chi connectivity index (χ4v) is 1.53. The summed E-state index contributed by atoms with van der Waals surface area (Å²) in [7, 11) is 0. The SMILES string of the molecule is CCCNC(=O)c1ccc(NCC)c(C)c1. The lowest BCUT2D eigenvalue weighted by Gasteiger charge is -2.09. The topological polar surface area (TPSA) is 41.1 Å². The fourth-order valence-electron chi connectivity index (χ4n) is 1.53. The molecule has 0 heterocycles. The number of hydrogen-bond acceptors (Lipinski definition) is 2. The molecule has 0 bridgehead atoms. The van der Waals surface area contributed by atoms with Gasteiger partial charge in [-0.2, -0.15) is 0 Å². The summed E-state index contributed by atoms with van der Waals surface area (Å²) >= 11 is 0. The van der Waals surface area contributed by atoms with Crippen LogP contribution in [0.3, 0.4) is 0 Å². The van der Waals surface area contributed by atoms with Crippen molar-refractivity contribution in [3.63, 3.8) is 0 Å². The van der Waals surface area contributed by atoms with Gasteiger partial charge in [0.1, 0.15) is 0 Å². The predicted molar refractivity (Wildman–Crippen MR) is 68.0 cm³/mol. The van der Waals surface area contributed by atoms with Crippen molar-refractivity contribution in [3.05, 3.63) is 29.3 Å². The number of carbonyl (C=O) groups is 1. The first-order valence-electron chi connectivity index (χ1n) is 5.81. The second kappa shape index (κ2) is 6.16. The molecule has 16 heavy (non-hydrogen) atoms. The zero-order valence-electron chi connectivity index (χ0n) is 10.3. The maximum absolute atomic E-state index is 11.7. The standard InChI is InChI=1S/C13H20N2O/c1-4-8-15-13(16)11-6-7-12(14-5-2)10(3)9-11/h6-7,9,14H,4-5,8H2,1-3H3,(H,15,16). The van der Waals surface area contributed by atoms with Gasteiger partial charge < -0.3 is 10.6 Å². The van der Waals surface area contributed by atoms with E-state index in [1.54, 1.807) is 0 Å². The summed E-state index contributed by atoms with van der Waals surface area (Å²) in [6, 6.07) is 5.73. The summed E-state index contributed by atoms with van der Waals surface area (Å²) in [5.74, 6) is 0.00741. The molecule has 3 nitrogen and oxygen atoms in total. The Morgan fingerprint density at radius 1 is 1.31 bits per heavy atom. The Labute approximate surface area is 97.2 Å².